The first-order chi connectivity index (χ1) is 8.67. The second kappa shape index (κ2) is 5.82. The molecule has 0 bridgehead atoms. The van der Waals surface area contributed by atoms with E-state index >= 15 is 0 Å². The Morgan fingerprint density at radius 1 is 1.39 bits per heavy atom. The van der Waals surface area contributed by atoms with Crippen LogP contribution in [0, 0.1) is 0 Å². The van der Waals surface area contributed by atoms with E-state index in [1.165, 1.54) is 0 Å². The largest absolute Gasteiger partial charge is 0.388 e. The van der Waals surface area contributed by atoms with Gasteiger partial charge in [0, 0.05) is 16.6 Å². The molecule has 1 aromatic heterocycles. The molecule has 2 aromatic rings. The van der Waals surface area contributed by atoms with Crippen LogP contribution in [-0.2, 0) is 13.2 Å². The predicted molar refractivity (Wildman–Crippen MR) is 74.4 cm³/mol. The summed E-state index contributed by atoms with van der Waals surface area (Å²) >= 11 is 9.44. The molecule has 0 saturated carbocycles. The minimum atomic E-state index is -0.114. The summed E-state index contributed by atoms with van der Waals surface area (Å²) in [7, 11) is 0. The highest BCUT2D eigenvalue weighted by Gasteiger charge is 2.13. The number of aromatic nitrogens is 3. The van der Waals surface area contributed by atoms with Crippen molar-refractivity contribution < 1.29 is 5.11 Å². The van der Waals surface area contributed by atoms with Gasteiger partial charge in [0.2, 0.25) is 0 Å². The third-order valence-electron chi connectivity index (χ3n) is 2.59. The van der Waals surface area contributed by atoms with E-state index in [0.717, 1.165) is 28.8 Å². The standard InChI is InChI=1S/C12H13BrClN3O/c1-2-5-17-11(7-18)15-16-12(17)8-3-4-9(13)10(14)6-8/h3-4,6,18H,2,5,7H2,1H3. The first kappa shape index (κ1) is 13.5. The van der Waals surface area contributed by atoms with E-state index in [1.54, 1.807) is 0 Å². The summed E-state index contributed by atoms with van der Waals surface area (Å²) in [5.74, 6) is 1.31. The van der Waals surface area contributed by atoms with Crippen LogP contribution in [0.5, 0.6) is 0 Å². The number of halogens is 2. The molecule has 0 unspecified atom stereocenters. The zero-order chi connectivity index (χ0) is 13.1. The number of aliphatic hydroxyl groups excluding tert-OH is 1. The summed E-state index contributed by atoms with van der Waals surface area (Å²) in [6, 6.07) is 5.64. The van der Waals surface area contributed by atoms with Gasteiger partial charge in [-0.2, -0.15) is 0 Å². The van der Waals surface area contributed by atoms with Crippen LogP contribution in [0.15, 0.2) is 22.7 Å². The Hall–Kier alpha value is -0.910. The lowest BCUT2D eigenvalue weighted by atomic mass is 10.2. The molecule has 6 heteroatoms. The van der Waals surface area contributed by atoms with Crippen LogP contribution >= 0.6 is 27.5 Å². The van der Waals surface area contributed by atoms with Gasteiger partial charge < -0.3 is 9.67 Å². The molecule has 0 amide bonds. The molecule has 96 valence electrons. The summed E-state index contributed by atoms with van der Waals surface area (Å²) in [6.45, 7) is 2.72. The molecule has 4 nitrogen and oxygen atoms in total. The van der Waals surface area contributed by atoms with Crippen molar-refractivity contribution in [2.24, 2.45) is 0 Å². The number of benzene rings is 1. The summed E-state index contributed by atoms with van der Waals surface area (Å²) in [6.07, 6.45) is 0.947. The van der Waals surface area contributed by atoms with E-state index in [1.807, 2.05) is 22.8 Å². The molecule has 1 heterocycles. The van der Waals surface area contributed by atoms with Gasteiger partial charge in [-0.3, -0.25) is 0 Å². The summed E-state index contributed by atoms with van der Waals surface area (Å²) in [4.78, 5) is 0. The molecule has 0 fully saturated rings. The average molecular weight is 331 g/mol. The highest BCUT2D eigenvalue weighted by atomic mass is 79.9. The van der Waals surface area contributed by atoms with Gasteiger partial charge in [0.1, 0.15) is 6.61 Å². The van der Waals surface area contributed by atoms with Crippen LogP contribution in [-0.4, -0.2) is 19.9 Å². The van der Waals surface area contributed by atoms with Crippen LogP contribution in [0.2, 0.25) is 5.02 Å². The van der Waals surface area contributed by atoms with E-state index in [2.05, 4.69) is 33.1 Å². The number of aliphatic hydroxyl groups is 1. The van der Waals surface area contributed by atoms with E-state index < -0.39 is 0 Å². The zero-order valence-electron chi connectivity index (χ0n) is 9.90. The molecule has 0 radical (unpaired) electrons. The normalized spacial score (nSPS) is 10.9. The molecule has 1 N–H and O–H groups in total. The van der Waals surface area contributed by atoms with Crippen LogP contribution < -0.4 is 0 Å². The first-order valence-electron chi connectivity index (χ1n) is 5.65. The van der Waals surface area contributed by atoms with E-state index in [0.29, 0.717) is 10.8 Å². The molecule has 2 rings (SSSR count). The summed E-state index contributed by atoms with van der Waals surface area (Å²) < 4.78 is 2.76. The van der Waals surface area contributed by atoms with Gasteiger partial charge in [0.15, 0.2) is 11.6 Å². The van der Waals surface area contributed by atoms with Crippen LogP contribution in [0.1, 0.15) is 19.2 Å². The number of hydrogen-bond acceptors (Lipinski definition) is 3. The fourth-order valence-electron chi connectivity index (χ4n) is 1.76. The maximum Gasteiger partial charge on any atom is 0.164 e. The molecule has 0 atom stereocenters. The Balaban J connectivity index is 2.49. The van der Waals surface area contributed by atoms with Crippen molar-refractivity contribution in [3.63, 3.8) is 0 Å². The Labute approximate surface area is 119 Å². The van der Waals surface area contributed by atoms with Crippen molar-refractivity contribution in [3.05, 3.63) is 33.5 Å². The van der Waals surface area contributed by atoms with E-state index in [4.69, 9.17) is 11.6 Å². The molecular weight excluding hydrogens is 318 g/mol. The Bertz CT molecular complexity index is 556. The lowest BCUT2D eigenvalue weighted by molar-refractivity contribution is 0.264. The Morgan fingerprint density at radius 2 is 2.17 bits per heavy atom. The maximum absolute atomic E-state index is 9.25. The smallest absolute Gasteiger partial charge is 0.164 e. The Morgan fingerprint density at radius 3 is 2.78 bits per heavy atom. The lowest BCUT2D eigenvalue weighted by Gasteiger charge is -2.08. The molecule has 18 heavy (non-hydrogen) atoms. The van der Waals surface area contributed by atoms with E-state index in [-0.39, 0.29) is 6.61 Å². The van der Waals surface area contributed by atoms with Crippen molar-refractivity contribution >= 4 is 27.5 Å². The molecule has 0 aliphatic heterocycles. The molecular formula is C12H13BrClN3O. The van der Waals surface area contributed by atoms with Crippen LogP contribution in [0.25, 0.3) is 11.4 Å². The highest BCUT2D eigenvalue weighted by molar-refractivity contribution is 9.10. The number of hydrogen-bond donors (Lipinski definition) is 1. The van der Waals surface area contributed by atoms with E-state index in [9.17, 15) is 5.11 Å². The van der Waals surface area contributed by atoms with Crippen LogP contribution in [0.3, 0.4) is 0 Å². The fourth-order valence-corrected chi connectivity index (χ4v) is 2.19. The maximum atomic E-state index is 9.25. The highest BCUT2D eigenvalue weighted by Crippen LogP contribution is 2.28. The van der Waals surface area contributed by atoms with Crippen molar-refractivity contribution in [3.8, 4) is 11.4 Å². The molecule has 0 spiro atoms. The SMILES string of the molecule is CCCn1c(CO)nnc1-c1ccc(Br)c(Cl)c1. The molecule has 1 aromatic carbocycles. The fraction of sp³-hybridized carbons (Fsp3) is 0.333. The minimum absolute atomic E-state index is 0.114. The predicted octanol–water partition coefficient (Wildman–Crippen LogP) is 3.26. The molecule has 0 saturated heterocycles. The van der Waals surface area contributed by atoms with Gasteiger partial charge in [-0.15, -0.1) is 10.2 Å². The van der Waals surface area contributed by atoms with Gasteiger partial charge in [0.05, 0.1) is 5.02 Å². The second-order valence-electron chi connectivity index (χ2n) is 3.88. The monoisotopic (exact) mass is 329 g/mol. The third kappa shape index (κ3) is 2.58. The van der Waals surface area contributed by atoms with Gasteiger partial charge >= 0.3 is 0 Å². The summed E-state index contributed by atoms with van der Waals surface area (Å²) in [5.41, 5.74) is 0.892. The molecule has 0 aliphatic carbocycles. The zero-order valence-corrected chi connectivity index (χ0v) is 12.2. The first-order valence-corrected chi connectivity index (χ1v) is 6.82. The molecule has 0 aliphatic rings. The van der Waals surface area contributed by atoms with Crippen LogP contribution in [0.4, 0.5) is 0 Å². The number of nitrogens with zero attached hydrogens (tertiary/aromatic N) is 3. The summed E-state index contributed by atoms with van der Waals surface area (Å²) in [5, 5.41) is 18.0. The van der Waals surface area contributed by atoms with Gasteiger partial charge in [0.25, 0.3) is 0 Å². The van der Waals surface area contributed by atoms with Crippen molar-refractivity contribution in [2.75, 3.05) is 0 Å². The van der Waals surface area contributed by atoms with Gasteiger partial charge in [-0.25, -0.2) is 0 Å². The topological polar surface area (TPSA) is 50.9 Å². The number of rotatable bonds is 4. The second-order valence-corrected chi connectivity index (χ2v) is 5.14. The van der Waals surface area contributed by atoms with Gasteiger partial charge in [-0.1, -0.05) is 18.5 Å². The average Bonchev–Trinajstić information content (AvgIpc) is 2.76. The lowest BCUT2D eigenvalue weighted by Crippen LogP contribution is -2.05. The Kier molecular flexibility index (Phi) is 4.37. The van der Waals surface area contributed by atoms with Crippen molar-refractivity contribution in [1.82, 2.24) is 14.8 Å². The van der Waals surface area contributed by atoms with Crippen molar-refractivity contribution in [2.45, 2.75) is 26.5 Å². The van der Waals surface area contributed by atoms with Crippen molar-refractivity contribution in [1.29, 1.82) is 0 Å². The third-order valence-corrected chi connectivity index (χ3v) is 3.83. The van der Waals surface area contributed by atoms with Gasteiger partial charge in [-0.05, 0) is 40.5 Å². The quantitative estimate of drug-likeness (QED) is 0.936. The minimum Gasteiger partial charge on any atom is -0.388 e.